The highest BCUT2D eigenvalue weighted by Gasteiger charge is 2.37. The molecular formula is C16H22N2O5. The molecule has 7 heteroatoms. The number of amides is 1. The lowest BCUT2D eigenvalue weighted by Crippen LogP contribution is -2.40. The molecule has 1 aliphatic rings. The van der Waals surface area contributed by atoms with E-state index in [2.05, 4.69) is 0 Å². The van der Waals surface area contributed by atoms with Crippen LogP contribution in [0.15, 0.2) is 18.2 Å². The predicted octanol–water partition coefficient (Wildman–Crippen LogP) is 0.649. The third-order valence-corrected chi connectivity index (χ3v) is 4.01. The molecule has 2 atom stereocenters. The smallest absolute Gasteiger partial charge is 0.326 e. The Kier molecular flexibility index (Phi) is 5.44. The summed E-state index contributed by atoms with van der Waals surface area (Å²) in [4.78, 5) is 24.9. The topological polar surface area (TPSA) is 102 Å². The van der Waals surface area contributed by atoms with Gasteiger partial charge in [0.25, 0.3) is 0 Å². The highest BCUT2D eigenvalue weighted by molar-refractivity contribution is 5.84. The van der Waals surface area contributed by atoms with Crippen LogP contribution in [0.2, 0.25) is 0 Å². The summed E-state index contributed by atoms with van der Waals surface area (Å²) in [5.74, 6) is 0.0284. The maximum atomic E-state index is 12.3. The average molecular weight is 322 g/mol. The van der Waals surface area contributed by atoms with Crippen molar-refractivity contribution in [3.05, 3.63) is 23.8 Å². The van der Waals surface area contributed by atoms with Crippen molar-refractivity contribution in [2.75, 3.05) is 20.8 Å². The number of carboxylic acid groups (broad SMARTS) is 1. The first kappa shape index (κ1) is 17.1. The summed E-state index contributed by atoms with van der Waals surface area (Å²) in [5.41, 5.74) is 6.70. The van der Waals surface area contributed by atoms with Gasteiger partial charge in [0.2, 0.25) is 5.91 Å². The van der Waals surface area contributed by atoms with Crippen LogP contribution >= 0.6 is 0 Å². The molecule has 0 aromatic heterocycles. The molecule has 1 fully saturated rings. The molecule has 23 heavy (non-hydrogen) atoms. The quantitative estimate of drug-likeness (QED) is 0.797. The van der Waals surface area contributed by atoms with Gasteiger partial charge in [0.1, 0.15) is 6.04 Å². The summed E-state index contributed by atoms with van der Waals surface area (Å²) in [7, 11) is 3.11. The molecule has 126 valence electrons. The molecule has 1 saturated heterocycles. The minimum absolute atomic E-state index is 0.194. The number of carbonyl (C=O) groups is 2. The molecule has 0 bridgehead atoms. The number of carbonyl (C=O) groups excluding carboxylic acids is 1. The molecular weight excluding hydrogens is 300 g/mol. The highest BCUT2D eigenvalue weighted by Crippen LogP contribution is 2.28. The van der Waals surface area contributed by atoms with Crippen molar-refractivity contribution in [3.8, 4) is 11.5 Å². The van der Waals surface area contributed by atoms with Gasteiger partial charge in [0.15, 0.2) is 11.5 Å². The number of nitrogens with zero attached hydrogens (tertiary/aromatic N) is 1. The van der Waals surface area contributed by atoms with Crippen LogP contribution in [0.4, 0.5) is 0 Å². The average Bonchev–Trinajstić information content (AvgIpc) is 2.94. The van der Waals surface area contributed by atoms with E-state index in [1.165, 1.54) is 4.90 Å². The second kappa shape index (κ2) is 7.32. The number of carboxylic acids is 1. The SMILES string of the molecule is COc1ccc(CCC(=O)N2C[C@@H](N)C[C@H]2C(=O)O)cc1OC. The summed E-state index contributed by atoms with van der Waals surface area (Å²) in [6.45, 7) is 0.293. The first-order chi connectivity index (χ1) is 11.0. The molecule has 1 aromatic carbocycles. The molecule has 0 saturated carbocycles. The van der Waals surface area contributed by atoms with Gasteiger partial charge in [0, 0.05) is 19.0 Å². The van der Waals surface area contributed by atoms with Gasteiger partial charge in [-0.1, -0.05) is 6.07 Å². The lowest BCUT2D eigenvalue weighted by atomic mass is 10.1. The van der Waals surface area contributed by atoms with Crippen molar-refractivity contribution in [2.45, 2.75) is 31.3 Å². The number of aliphatic carboxylic acids is 1. The van der Waals surface area contributed by atoms with Crippen LogP contribution in [-0.4, -0.2) is 54.7 Å². The number of hydrogen-bond acceptors (Lipinski definition) is 5. The largest absolute Gasteiger partial charge is 0.493 e. The van der Waals surface area contributed by atoms with E-state index < -0.39 is 12.0 Å². The Hall–Kier alpha value is -2.28. The molecule has 1 aromatic rings. The first-order valence-corrected chi connectivity index (χ1v) is 7.45. The Balaban J connectivity index is 2.00. The van der Waals surface area contributed by atoms with E-state index >= 15 is 0 Å². The zero-order valence-electron chi connectivity index (χ0n) is 13.3. The van der Waals surface area contributed by atoms with Gasteiger partial charge in [-0.15, -0.1) is 0 Å². The summed E-state index contributed by atoms with van der Waals surface area (Å²) in [6.07, 6.45) is 1.03. The van der Waals surface area contributed by atoms with Crippen LogP contribution in [0.5, 0.6) is 11.5 Å². The van der Waals surface area contributed by atoms with E-state index in [1.807, 2.05) is 12.1 Å². The van der Waals surface area contributed by atoms with Gasteiger partial charge in [-0.05, 0) is 30.5 Å². The van der Waals surface area contributed by atoms with E-state index in [9.17, 15) is 14.7 Å². The van der Waals surface area contributed by atoms with Gasteiger partial charge < -0.3 is 25.2 Å². The zero-order chi connectivity index (χ0) is 17.0. The molecule has 0 spiro atoms. The molecule has 1 amide bonds. The van der Waals surface area contributed by atoms with Gasteiger partial charge in [-0.25, -0.2) is 4.79 Å². The van der Waals surface area contributed by atoms with Crippen LogP contribution in [0.3, 0.4) is 0 Å². The van der Waals surface area contributed by atoms with Crippen molar-refractivity contribution >= 4 is 11.9 Å². The van der Waals surface area contributed by atoms with Crippen LogP contribution in [-0.2, 0) is 16.0 Å². The van der Waals surface area contributed by atoms with E-state index in [0.29, 0.717) is 30.9 Å². The molecule has 0 radical (unpaired) electrons. The minimum atomic E-state index is -1.00. The first-order valence-electron chi connectivity index (χ1n) is 7.45. The molecule has 1 aliphatic heterocycles. The van der Waals surface area contributed by atoms with E-state index in [0.717, 1.165) is 5.56 Å². The van der Waals surface area contributed by atoms with Crippen LogP contribution < -0.4 is 15.2 Å². The summed E-state index contributed by atoms with van der Waals surface area (Å²) >= 11 is 0. The molecule has 0 aliphatic carbocycles. The summed E-state index contributed by atoms with van der Waals surface area (Å²) in [6, 6.07) is 4.36. The van der Waals surface area contributed by atoms with Gasteiger partial charge in [-0.3, -0.25) is 4.79 Å². The van der Waals surface area contributed by atoms with Crippen molar-refractivity contribution in [2.24, 2.45) is 5.73 Å². The predicted molar refractivity (Wildman–Crippen MR) is 83.6 cm³/mol. The number of ether oxygens (including phenoxy) is 2. The Bertz CT molecular complexity index is 590. The molecule has 3 N–H and O–H groups in total. The molecule has 2 rings (SSSR count). The van der Waals surface area contributed by atoms with Gasteiger partial charge >= 0.3 is 5.97 Å². The Labute approximate surface area is 135 Å². The number of benzene rings is 1. The summed E-state index contributed by atoms with van der Waals surface area (Å²) in [5, 5.41) is 9.18. The summed E-state index contributed by atoms with van der Waals surface area (Å²) < 4.78 is 10.4. The molecule has 1 heterocycles. The third-order valence-electron chi connectivity index (χ3n) is 4.01. The zero-order valence-corrected chi connectivity index (χ0v) is 13.3. The van der Waals surface area contributed by atoms with Crippen molar-refractivity contribution in [3.63, 3.8) is 0 Å². The second-order valence-corrected chi connectivity index (χ2v) is 5.59. The Morgan fingerprint density at radius 3 is 2.61 bits per heavy atom. The molecule has 7 nitrogen and oxygen atoms in total. The van der Waals surface area contributed by atoms with Gasteiger partial charge in [-0.2, -0.15) is 0 Å². The second-order valence-electron chi connectivity index (χ2n) is 5.59. The lowest BCUT2D eigenvalue weighted by Gasteiger charge is -2.21. The standard InChI is InChI=1S/C16H22N2O5/c1-22-13-5-3-10(7-14(13)23-2)4-6-15(19)18-9-11(17)8-12(18)16(20)21/h3,5,7,11-12H,4,6,8-9,17H2,1-2H3,(H,20,21)/t11-,12-/m0/s1. The number of methoxy groups -OCH3 is 2. The maximum absolute atomic E-state index is 12.3. The number of rotatable bonds is 6. The lowest BCUT2D eigenvalue weighted by molar-refractivity contribution is -0.148. The third kappa shape index (κ3) is 3.92. The van der Waals surface area contributed by atoms with Gasteiger partial charge in [0.05, 0.1) is 14.2 Å². The van der Waals surface area contributed by atoms with Crippen LogP contribution in [0, 0.1) is 0 Å². The maximum Gasteiger partial charge on any atom is 0.326 e. The number of nitrogens with two attached hydrogens (primary N) is 1. The number of aryl methyl sites for hydroxylation is 1. The number of likely N-dealkylation sites (tertiary alicyclic amines) is 1. The highest BCUT2D eigenvalue weighted by atomic mass is 16.5. The Morgan fingerprint density at radius 1 is 1.30 bits per heavy atom. The normalized spacial score (nSPS) is 20.4. The number of hydrogen-bond donors (Lipinski definition) is 2. The van der Waals surface area contributed by atoms with E-state index in [4.69, 9.17) is 15.2 Å². The van der Waals surface area contributed by atoms with Crippen LogP contribution in [0.1, 0.15) is 18.4 Å². The van der Waals surface area contributed by atoms with E-state index in [1.54, 1.807) is 20.3 Å². The minimum Gasteiger partial charge on any atom is -0.493 e. The van der Waals surface area contributed by atoms with Crippen molar-refractivity contribution in [1.82, 2.24) is 4.90 Å². The fourth-order valence-electron chi connectivity index (χ4n) is 2.81. The van der Waals surface area contributed by atoms with Crippen molar-refractivity contribution in [1.29, 1.82) is 0 Å². The fourth-order valence-corrected chi connectivity index (χ4v) is 2.81. The Morgan fingerprint density at radius 2 is 2.00 bits per heavy atom. The fraction of sp³-hybridized carbons (Fsp3) is 0.500. The van der Waals surface area contributed by atoms with E-state index in [-0.39, 0.29) is 18.4 Å². The van der Waals surface area contributed by atoms with Crippen molar-refractivity contribution < 1.29 is 24.2 Å². The monoisotopic (exact) mass is 322 g/mol. The van der Waals surface area contributed by atoms with Crippen LogP contribution in [0.25, 0.3) is 0 Å². The molecule has 0 unspecified atom stereocenters.